The Kier molecular flexibility index (Phi) is 6.07. The summed E-state index contributed by atoms with van der Waals surface area (Å²) in [5, 5.41) is 13.4. The summed E-state index contributed by atoms with van der Waals surface area (Å²) >= 11 is 0. The van der Waals surface area contributed by atoms with Crippen molar-refractivity contribution in [3.8, 4) is 0 Å². The molecular formula is C23H26F2N6O. The maximum atomic E-state index is 14.4. The molecular weight excluding hydrogens is 414 g/mol. The Morgan fingerprint density at radius 1 is 1.16 bits per heavy atom. The Labute approximate surface area is 185 Å². The second kappa shape index (κ2) is 8.94. The average molecular weight is 440 g/mol. The van der Waals surface area contributed by atoms with Crippen LogP contribution in [0.25, 0.3) is 0 Å². The molecule has 2 aliphatic heterocycles. The van der Waals surface area contributed by atoms with Gasteiger partial charge in [0, 0.05) is 38.2 Å². The number of rotatable bonds is 3. The lowest BCUT2D eigenvalue weighted by molar-refractivity contribution is 0.118. The van der Waals surface area contributed by atoms with Gasteiger partial charge in [-0.1, -0.05) is 30.3 Å². The molecule has 4 rings (SSSR count). The molecule has 7 nitrogen and oxygen atoms in total. The molecule has 3 N–H and O–H groups in total. The number of urea groups is 1. The Morgan fingerprint density at radius 3 is 2.50 bits per heavy atom. The summed E-state index contributed by atoms with van der Waals surface area (Å²) < 4.78 is 28.2. The van der Waals surface area contributed by atoms with Gasteiger partial charge in [0.15, 0.2) is 5.96 Å². The third-order valence-corrected chi connectivity index (χ3v) is 6.18. The van der Waals surface area contributed by atoms with Crippen molar-refractivity contribution < 1.29 is 13.6 Å². The van der Waals surface area contributed by atoms with Crippen LogP contribution >= 0.6 is 0 Å². The van der Waals surface area contributed by atoms with E-state index in [2.05, 4.69) is 5.10 Å². The normalized spacial score (nSPS) is 19.1. The number of carbonyl (C=O) groups excluding carboxylic acids is 1. The van der Waals surface area contributed by atoms with Gasteiger partial charge in [0.05, 0.1) is 11.8 Å². The van der Waals surface area contributed by atoms with E-state index in [0.29, 0.717) is 31.6 Å². The summed E-state index contributed by atoms with van der Waals surface area (Å²) in [7, 11) is 1.73. The van der Waals surface area contributed by atoms with Crippen molar-refractivity contribution in [3.63, 3.8) is 0 Å². The Hall–Kier alpha value is -3.49. The largest absolute Gasteiger partial charge is 0.370 e. The van der Waals surface area contributed by atoms with Crippen LogP contribution in [0.1, 0.15) is 36.4 Å². The monoisotopic (exact) mass is 440 g/mol. The van der Waals surface area contributed by atoms with E-state index in [1.807, 2.05) is 30.3 Å². The molecule has 2 heterocycles. The summed E-state index contributed by atoms with van der Waals surface area (Å²) in [6.45, 7) is 1.20. The molecule has 2 amide bonds. The van der Waals surface area contributed by atoms with Crippen LogP contribution in [0, 0.1) is 17.0 Å². The van der Waals surface area contributed by atoms with Gasteiger partial charge < -0.3 is 15.5 Å². The molecule has 0 bridgehead atoms. The maximum Gasteiger partial charge on any atom is 0.341 e. The number of guanidine groups is 1. The predicted octanol–water partition coefficient (Wildman–Crippen LogP) is 3.53. The SMILES string of the molecule is CN(C(=O)N1N=C(c2cc(F)ccc2F)CC1c1ccccc1)C1CCN(C(=N)N)CC1. The number of halogens is 2. The number of benzene rings is 2. The minimum Gasteiger partial charge on any atom is -0.370 e. The fraction of sp³-hybridized carbons (Fsp3) is 0.348. The molecule has 0 aliphatic carbocycles. The van der Waals surface area contributed by atoms with E-state index in [9.17, 15) is 13.6 Å². The quantitative estimate of drug-likeness (QED) is 0.565. The van der Waals surface area contributed by atoms with Crippen LogP contribution < -0.4 is 5.73 Å². The van der Waals surface area contributed by atoms with Crippen LogP contribution in [-0.4, -0.2) is 58.7 Å². The topological polar surface area (TPSA) is 89.0 Å². The number of nitrogens with two attached hydrogens (primary N) is 1. The zero-order chi connectivity index (χ0) is 22.8. The zero-order valence-electron chi connectivity index (χ0n) is 17.8. The van der Waals surface area contributed by atoms with Crippen LogP contribution in [0.15, 0.2) is 53.6 Å². The van der Waals surface area contributed by atoms with E-state index in [1.165, 1.54) is 5.01 Å². The molecule has 2 aliphatic rings. The highest BCUT2D eigenvalue weighted by atomic mass is 19.1. The third-order valence-electron chi connectivity index (χ3n) is 6.18. The number of nitrogens with one attached hydrogen (secondary N) is 1. The van der Waals surface area contributed by atoms with E-state index in [0.717, 1.165) is 23.8 Å². The first-order chi connectivity index (χ1) is 15.3. The van der Waals surface area contributed by atoms with Crippen molar-refractivity contribution in [3.05, 3.63) is 71.3 Å². The summed E-state index contributed by atoms with van der Waals surface area (Å²) in [5.41, 5.74) is 6.85. The molecule has 168 valence electrons. The smallest absolute Gasteiger partial charge is 0.341 e. The molecule has 0 radical (unpaired) electrons. The molecule has 1 unspecified atom stereocenters. The molecule has 32 heavy (non-hydrogen) atoms. The number of hydrogen-bond donors (Lipinski definition) is 2. The van der Waals surface area contributed by atoms with Gasteiger partial charge in [-0.25, -0.2) is 18.6 Å². The first-order valence-electron chi connectivity index (χ1n) is 10.6. The second-order valence-corrected chi connectivity index (χ2v) is 8.14. The minimum absolute atomic E-state index is 0.0281. The van der Waals surface area contributed by atoms with Crippen molar-refractivity contribution in [2.75, 3.05) is 20.1 Å². The van der Waals surface area contributed by atoms with Gasteiger partial charge in [-0.05, 0) is 36.6 Å². The molecule has 9 heteroatoms. The Balaban J connectivity index is 1.60. The fourth-order valence-corrected chi connectivity index (χ4v) is 4.31. The van der Waals surface area contributed by atoms with E-state index in [-0.39, 0.29) is 30.0 Å². The highest BCUT2D eigenvalue weighted by Crippen LogP contribution is 2.34. The number of nitrogens with zero attached hydrogens (tertiary/aromatic N) is 4. The van der Waals surface area contributed by atoms with Crippen molar-refractivity contribution >= 4 is 17.7 Å². The third kappa shape index (κ3) is 4.28. The molecule has 0 saturated carbocycles. The van der Waals surface area contributed by atoms with Crippen LogP contribution in [0.3, 0.4) is 0 Å². The van der Waals surface area contributed by atoms with Gasteiger partial charge in [0.1, 0.15) is 11.6 Å². The second-order valence-electron chi connectivity index (χ2n) is 8.14. The lowest BCUT2D eigenvalue weighted by Gasteiger charge is -2.38. The summed E-state index contributed by atoms with van der Waals surface area (Å²) in [6, 6.07) is 11.9. The number of piperidine rings is 1. The Morgan fingerprint density at radius 2 is 1.84 bits per heavy atom. The highest BCUT2D eigenvalue weighted by molar-refractivity contribution is 6.03. The van der Waals surface area contributed by atoms with Crippen LogP contribution in [0.2, 0.25) is 0 Å². The first kappa shape index (κ1) is 21.7. The van der Waals surface area contributed by atoms with Crippen molar-refractivity contribution in [1.82, 2.24) is 14.8 Å². The number of amides is 2. The van der Waals surface area contributed by atoms with Gasteiger partial charge in [0.25, 0.3) is 0 Å². The Bertz CT molecular complexity index is 1040. The van der Waals surface area contributed by atoms with Gasteiger partial charge in [-0.3, -0.25) is 5.41 Å². The first-order valence-corrected chi connectivity index (χ1v) is 10.6. The zero-order valence-corrected chi connectivity index (χ0v) is 17.8. The van der Waals surface area contributed by atoms with Crippen LogP contribution in [0.5, 0.6) is 0 Å². The van der Waals surface area contributed by atoms with Crippen LogP contribution in [-0.2, 0) is 0 Å². The molecule has 2 aromatic carbocycles. The fourth-order valence-electron chi connectivity index (χ4n) is 4.31. The van der Waals surface area contributed by atoms with E-state index in [1.54, 1.807) is 16.8 Å². The van der Waals surface area contributed by atoms with Crippen LogP contribution in [0.4, 0.5) is 13.6 Å². The van der Waals surface area contributed by atoms with Gasteiger partial charge in [-0.15, -0.1) is 0 Å². The summed E-state index contributed by atoms with van der Waals surface area (Å²) in [5.74, 6) is -1.09. The standard InChI is InChI=1S/C23H26F2N6O/c1-29(17-9-11-30(12-10-17)22(26)27)23(32)31-21(15-5-3-2-4-6-15)14-20(28-31)18-13-16(24)7-8-19(18)25/h2-8,13,17,21H,9-12,14H2,1H3,(H3,26,27). The van der Waals surface area contributed by atoms with E-state index < -0.39 is 17.7 Å². The highest BCUT2D eigenvalue weighted by Gasteiger charge is 2.37. The lowest BCUT2D eigenvalue weighted by atomic mass is 9.98. The van der Waals surface area contributed by atoms with Crippen molar-refractivity contribution in [2.45, 2.75) is 31.3 Å². The maximum absolute atomic E-state index is 14.4. The number of hydrogen-bond acceptors (Lipinski definition) is 3. The van der Waals surface area contributed by atoms with Gasteiger partial charge in [-0.2, -0.15) is 5.10 Å². The molecule has 2 aromatic rings. The van der Waals surface area contributed by atoms with Gasteiger partial charge >= 0.3 is 6.03 Å². The predicted molar refractivity (Wildman–Crippen MR) is 118 cm³/mol. The molecule has 1 fully saturated rings. The lowest BCUT2D eigenvalue weighted by Crippen LogP contribution is -2.51. The molecule has 0 spiro atoms. The average Bonchev–Trinajstić information content (AvgIpc) is 3.25. The van der Waals surface area contributed by atoms with E-state index >= 15 is 0 Å². The number of likely N-dealkylation sites (tertiary alicyclic amines) is 1. The number of hydrazone groups is 1. The summed E-state index contributed by atoms with van der Waals surface area (Å²) in [4.78, 5) is 16.9. The summed E-state index contributed by atoms with van der Waals surface area (Å²) in [6.07, 6.45) is 1.65. The molecule has 1 saturated heterocycles. The molecule has 0 aromatic heterocycles. The van der Waals surface area contributed by atoms with E-state index in [4.69, 9.17) is 11.1 Å². The minimum atomic E-state index is -0.573. The number of carbonyl (C=O) groups is 1. The van der Waals surface area contributed by atoms with Crippen molar-refractivity contribution in [1.29, 1.82) is 5.41 Å². The van der Waals surface area contributed by atoms with Gasteiger partial charge in [0.2, 0.25) is 0 Å². The molecule has 1 atom stereocenters. The van der Waals surface area contributed by atoms with Crippen molar-refractivity contribution in [2.24, 2.45) is 10.8 Å².